The summed E-state index contributed by atoms with van der Waals surface area (Å²) in [6, 6.07) is 13.9. The van der Waals surface area contributed by atoms with E-state index in [1.165, 1.54) is 0 Å². The van der Waals surface area contributed by atoms with Crippen molar-refractivity contribution < 1.29 is 5.79 Å². The second kappa shape index (κ2) is 5.20. The first-order chi connectivity index (χ1) is 11.4. The number of hydrogen-bond donors (Lipinski definition) is 0. The first kappa shape index (κ1) is 12.8. The fourth-order valence-corrected chi connectivity index (χ4v) is 2.86. The molecule has 1 aromatic carbocycles. The van der Waals surface area contributed by atoms with Gasteiger partial charge in [0.25, 0.3) is 0 Å². The van der Waals surface area contributed by atoms with Gasteiger partial charge in [-0.05, 0) is 48.7 Å². The van der Waals surface area contributed by atoms with E-state index in [0.29, 0.717) is 5.71 Å². The number of furan rings is 1. The topological polar surface area (TPSA) is 38.9 Å². The molecule has 0 N–H and O–H groups in total. The van der Waals surface area contributed by atoms with Crippen molar-refractivity contribution in [1.29, 1.82) is 0 Å². The third kappa shape index (κ3) is 2.29. The van der Waals surface area contributed by atoms with Crippen LogP contribution in [-0.4, -0.2) is 9.97 Å². The van der Waals surface area contributed by atoms with Crippen molar-refractivity contribution in [3.63, 3.8) is 0 Å². The van der Waals surface area contributed by atoms with E-state index in [1.54, 1.807) is 6.20 Å². The molecule has 114 valence electrons. The van der Waals surface area contributed by atoms with Gasteiger partial charge >= 0.3 is 0 Å². The molecule has 0 atom stereocenters. The summed E-state index contributed by atoms with van der Waals surface area (Å²) in [6.45, 7) is 5.70. The van der Waals surface area contributed by atoms with Crippen LogP contribution in [0.2, 0.25) is 0 Å². The number of para-hydroxylation sites is 1. The minimum atomic E-state index is -0.669. The van der Waals surface area contributed by atoms with Crippen LogP contribution < -0.4 is 0 Å². The van der Waals surface area contributed by atoms with E-state index < -0.39 is 5.89 Å². The highest BCUT2D eigenvalue weighted by atomic mass is 16.3. The van der Waals surface area contributed by atoms with Crippen molar-refractivity contribution in [2.45, 2.75) is 26.7 Å². The Morgan fingerprint density at radius 1 is 1.09 bits per heavy atom. The molecule has 0 saturated carbocycles. The normalized spacial score (nSPS) is 12.7. The molecule has 0 saturated heterocycles. The van der Waals surface area contributed by atoms with Crippen LogP contribution in [0.1, 0.15) is 32.4 Å². The van der Waals surface area contributed by atoms with E-state index in [-0.39, 0.29) is 0 Å². The third-order valence-corrected chi connectivity index (χ3v) is 4.12. The van der Waals surface area contributed by atoms with Gasteiger partial charge in [-0.2, -0.15) is 0 Å². The lowest BCUT2D eigenvalue weighted by Crippen LogP contribution is -1.90. The quantitative estimate of drug-likeness (QED) is 0.492. The molecule has 0 bridgehead atoms. The summed E-state index contributed by atoms with van der Waals surface area (Å²) >= 11 is 0. The summed E-state index contributed by atoms with van der Waals surface area (Å²) < 4.78 is 14.3. The molecule has 3 aromatic heterocycles. The van der Waals surface area contributed by atoms with E-state index in [2.05, 4.69) is 9.97 Å². The van der Waals surface area contributed by atoms with Crippen molar-refractivity contribution in [1.82, 2.24) is 9.97 Å². The van der Waals surface area contributed by atoms with E-state index in [4.69, 9.17) is 5.79 Å². The fourth-order valence-electron chi connectivity index (χ4n) is 2.86. The highest BCUT2D eigenvalue weighted by Crippen LogP contribution is 2.35. The van der Waals surface area contributed by atoms with Crippen LogP contribution in [0.5, 0.6) is 0 Å². The van der Waals surface area contributed by atoms with Gasteiger partial charge in [0, 0.05) is 29.6 Å². The minimum Gasteiger partial charge on any atom is -0.437 e. The number of fused-ring (bicyclic) bond motifs is 3. The average Bonchev–Trinajstić information content (AvgIpc) is 2.91. The van der Waals surface area contributed by atoms with Crippen molar-refractivity contribution in [3.8, 4) is 11.3 Å². The highest BCUT2D eigenvalue weighted by Gasteiger charge is 2.14. The number of aryl methyl sites for hydroxylation is 1. The van der Waals surface area contributed by atoms with Gasteiger partial charge in [-0.3, -0.25) is 4.98 Å². The van der Waals surface area contributed by atoms with Crippen molar-refractivity contribution in [2.75, 3.05) is 0 Å². The van der Waals surface area contributed by atoms with Gasteiger partial charge in [0.05, 0.1) is 5.69 Å². The molecule has 0 amide bonds. The van der Waals surface area contributed by atoms with Crippen LogP contribution in [0.25, 0.3) is 33.3 Å². The zero-order valence-electron chi connectivity index (χ0n) is 14.4. The lowest BCUT2D eigenvalue weighted by Gasteiger charge is -2.07. The second-order valence-corrected chi connectivity index (χ2v) is 6.02. The van der Waals surface area contributed by atoms with Gasteiger partial charge in [-0.25, -0.2) is 4.98 Å². The standard InChI is InChI=1S/C20H18N2O/c1-12(2)14-9-10-21-18(11-14)17-6-4-5-15-16-8-7-13(3)22-20(16)23-19(15)17/h4-12H,1-3H3/i12D. The molecule has 0 radical (unpaired) electrons. The Morgan fingerprint density at radius 3 is 2.78 bits per heavy atom. The Morgan fingerprint density at radius 2 is 1.96 bits per heavy atom. The Hall–Kier alpha value is -2.68. The number of aromatic nitrogens is 2. The Kier molecular flexibility index (Phi) is 2.90. The monoisotopic (exact) mass is 303 g/mol. The molecular formula is C20H18N2O. The van der Waals surface area contributed by atoms with Crippen molar-refractivity contribution in [3.05, 3.63) is 59.9 Å². The van der Waals surface area contributed by atoms with Crippen molar-refractivity contribution in [2.24, 2.45) is 0 Å². The number of nitrogens with zero attached hydrogens (tertiary/aromatic N) is 2. The van der Waals surface area contributed by atoms with E-state index >= 15 is 0 Å². The molecule has 0 aliphatic carbocycles. The summed E-state index contributed by atoms with van der Waals surface area (Å²) in [4.78, 5) is 8.98. The maximum atomic E-state index is 8.25. The van der Waals surface area contributed by atoms with Gasteiger partial charge in [0.2, 0.25) is 5.71 Å². The Bertz CT molecular complexity index is 1060. The highest BCUT2D eigenvalue weighted by molar-refractivity contribution is 6.08. The summed E-state index contributed by atoms with van der Waals surface area (Å²) in [6.07, 6.45) is 1.75. The molecule has 0 unspecified atom stereocenters. The van der Waals surface area contributed by atoms with Crippen LogP contribution in [0, 0.1) is 6.92 Å². The summed E-state index contributed by atoms with van der Waals surface area (Å²) in [5, 5.41) is 2.04. The van der Waals surface area contributed by atoms with Crippen molar-refractivity contribution >= 4 is 22.1 Å². The first-order valence-electron chi connectivity index (χ1n) is 8.19. The maximum Gasteiger partial charge on any atom is 0.227 e. The van der Waals surface area contributed by atoms with Crippen LogP contribution >= 0.6 is 0 Å². The largest absolute Gasteiger partial charge is 0.437 e. The Balaban J connectivity index is 1.99. The summed E-state index contributed by atoms with van der Waals surface area (Å²) in [7, 11) is 0. The molecular weight excluding hydrogens is 284 g/mol. The molecule has 4 rings (SSSR count). The predicted octanol–water partition coefficient (Wildman–Crippen LogP) is 5.47. The molecule has 3 nitrogen and oxygen atoms in total. The lowest BCUT2D eigenvalue weighted by atomic mass is 10.0. The first-order valence-corrected chi connectivity index (χ1v) is 7.69. The zero-order chi connectivity index (χ0) is 16.9. The number of benzene rings is 1. The molecule has 23 heavy (non-hydrogen) atoms. The number of rotatable bonds is 2. The molecule has 0 aliphatic rings. The summed E-state index contributed by atoms with van der Waals surface area (Å²) in [5.74, 6) is -0.669. The molecule has 3 heteroatoms. The van der Waals surface area contributed by atoms with Gasteiger partial charge in [0.15, 0.2) is 0 Å². The fraction of sp³-hybridized carbons (Fsp3) is 0.200. The molecule has 4 aromatic rings. The second-order valence-electron chi connectivity index (χ2n) is 6.02. The SMILES string of the molecule is [2H]C(C)(C)c1ccnc(-c2cccc3c2oc2nc(C)ccc23)c1. The molecule has 3 heterocycles. The van der Waals surface area contributed by atoms with Gasteiger partial charge in [-0.1, -0.05) is 26.0 Å². The smallest absolute Gasteiger partial charge is 0.227 e. The molecule has 0 aliphatic heterocycles. The predicted molar refractivity (Wildman–Crippen MR) is 93.6 cm³/mol. The zero-order valence-corrected chi connectivity index (χ0v) is 13.4. The molecule has 0 spiro atoms. The average molecular weight is 303 g/mol. The van der Waals surface area contributed by atoms with Crippen LogP contribution in [0.15, 0.2) is 53.1 Å². The van der Waals surface area contributed by atoms with Crippen LogP contribution in [0.3, 0.4) is 0 Å². The third-order valence-electron chi connectivity index (χ3n) is 4.12. The van der Waals surface area contributed by atoms with E-state index in [0.717, 1.165) is 38.9 Å². The minimum absolute atomic E-state index is 0.648. The molecule has 0 fully saturated rings. The maximum absolute atomic E-state index is 8.25. The lowest BCUT2D eigenvalue weighted by molar-refractivity contribution is 0.653. The van der Waals surface area contributed by atoms with Crippen LogP contribution in [-0.2, 0) is 0 Å². The summed E-state index contributed by atoms with van der Waals surface area (Å²) in [5.41, 5.74) is 5.03. The van der Waals surface area contributed by atoms with Gasteiger partial charge in [-0.15, -0.1) is 0 Å². The van der Waals surface area contributed by atoms with Gasteiger partial charge < -0.3 is 4.42 Å². The Labute approximate surface area is 136 Å². The number of pyridine rings is 2. The van der Waals surface area contributed by atoms with E-state index in [9.17, 15) is 0 Å². The number of hydrogen-bond acceptors (Lipinski definition) is 3. The van der Waals surface area contributed by atoms with E-state index in [1.807, 2.05) is 63.2 Å². The van der Waals surface area contributed by atoms with Gasteiger partial charge in [0.1, 0.15) is 5.58 Å². The van der Waals surface area contributed by atoms with Crippen LogP contribution in [0.4, 0.5) is 0 Å².